The molecule has 150 valence electrons. The molecule has 2 aliphatic heterocycles. The topological polar surface area (TPSA) is 41.6 Å². The smallest absolute Gasteiger partial charge is 0.254 e. The van der Waals surface area contributed by atoms with Crippen LogP contribution in [0.1, 0.15) is 18.1 Å². The number of halogens is 2. The third kappa shape index (κ3) is 4.84. The summed E-state index contributed by atoms with van der Waals surface area (Å²) in [5.41, 5.74) is 2.70. The van der Waals surface area contributed by atoms with Gasteiger partial charge in [-0.25, -0.2) is 0 Å². The van der Waals surface area contributed by atoms with E-state index in [9.17, 15) is 4.79 Å². The van der Waals surface area contributed by atoms with Crippen molar-refractivity contribution in [2.24, 2.45) is 0 Å². The maximum atomic E-state index is 12.9. The molecule has 0 saturated carbocycles. The Morgan fingerprint density at radius 2 is 1.93 bits per heavy atom. The fourth-order valence-electron chi connectivity index (χ4n) is 3.59. The number of ether oxygens (including phenoxy) is 1. The fraction of sp³-hybridized carbons (Fsp3) is 0.261. The monoisotopic (exact) mass is 428 g/mol. The van der Waals surface area contributed by atoms with Crippen LogP contribution >= 0.6 is 23.2 Å². The molecule has 0 spiro atoms. The molecule has 0 aliphatic carbocycles. The van der Waals surface area contributed by atoms with Gasteiger partial charge in [0.25, 0.3) is 5.91 Å². The van der Waals surface area contributed by atoms with Crippen LogP contribution in [0.4, 0.5) is 0 Å². The quantitative estimate of drug-likeness (QED) is 0.555. The maximum Gasteiger partial charge on any atom is 0.254 e. The van der Waals surface area contributed by atoms with E-state index in [0.717, 1.165) is 23.1 Å². The Bertz CT molecular complexity index is 927. The van der Waals surface area contributed by atoms with Crippen molar-refractivity contribution in [3.05, 3.63) is 83.5 Å². The van der Waals surface area contributed by atoms with Crippen molar-refractivity contribution < 1.29 is 9.53 Å². The number of allylic oxidation sites excluding steroid dienone is 2. The van der Waals surface area contributed by atoms with Crippen LogP contribution in [0.15, 0.2) is 73.0 Å². The first-order chi connectivity index (χ1) is 14.1. The number of hydrogen-bond donors (Lipinski definition) is 1. The first-order valence-electron chi connectivity index (χ1n) is 9.63. The van der Waals surface area contributed by atoms with E-state index in [1.54, 1.807) is 0 Å². The second-order valence-corrected chi connectivity index (χ2v) is 8.06. The number of hydrogen-bond acceptors (Lipinski definition) is 3. The van der Waals surface area contributed by atoms with Crippen molar-refractivity contribution in [1.29, 1.82) is 0 Å². The molecule has 0 aromatic heterocycles. The van der Waals surface area contributed by atoms with E-state index in [0.29, 0.717) is 18.2 Å². The molecule has 1 unspecified atom stereocenters. The van der Waals surface area contributed by atoms with Crippen molar-refractivity contribution in [3.63, 3.8) is 0 Å². The Kier molecular flexibility index (Phi) is 6.24. The van der Waals surface area contributed by atoms with Crippen LogP contribution in [0, 0.1) is 0 Å². The summed E-state index contributed by atoms with van der Waals surface area (Å²) in [6, 6.07) is 15.5. The molecule has 6 heteroatoms. The molecule has 2 aromatic rings. The van der Waals surface area contributed by atoms with Crippen molar-refractivity contribution >= 4 is 29.1 Å². The minimum atomic E-state index is -0.629. The molecule has 1 fully saturated rings. The minimum absolute atomic E-state index is 0.0238. The number of rotatable bonds is 4. The van der Waals surface area contributed by atoms with Gasteiger partial charge in [-0.2, -0.15) is 0 Å². The summed E-state index contributed by atoms with van der Waals surface area (Å²) in [6.45, 7) is 1.14. The molecular formula is C23H22Cl2N2O2. The lowest BCUT2D eigenvalue weighted by Crippen LogP contribution is -2.44. The normalized spacial score (nSPS) is 24.3. The fourth-order valence-corrected chi connectivity index (χ4v) is 3.94. The lowest BCUT2D eigenvalue weighted by atomic mass is 10.0. The second kappa shape index (κ2) is 9.04. The van der Waals surface area contributed by atoms with E-state index in [-0.39, 0.29) is 17.5 Å². The lowest BCUT2D eigenvalue weighted by Gasteiger charge is -2.29. The zero-order valence-electron chi connectivity index (χ0n) is 15.8. The standard InChI is InChI=1S/C23H22Cl2N2O2/c24-19-9-7-16(8-10-19)17-4-3-5-18(14-17)22-23(28)26-20(11-13-29-22)15-27-12-2-1-6-21(27)25/h1-10,12,14,20-22H,11,13,15H2,(H,26,28)/t20-,21?,22-/m0/s1. The highest BCUT2D eigenvalue weighted by atomic mass is 35.5. The summed E-state index contributed by atoms with van der Waals surface area (Å²) in [7, 11) is 0. The van der Waals surface area contributed by atoms with Crippen LogP contribution in [0.3, 0.4) is 0 Å². The Balaban J connectivity index is 1.47. The van der Waals surface area contributed by atoms with Crippen molar-refractivity contribution in [3.8, 4) is 11.1 Å². The first kappa shape index (κ1) is 20.0. The molecule has 1 amide bonds. The van der Waals surface area contributed by atoms with Crippen LogP contribution < -0.4 is 5.32 Å². The largest absolute Gasteiger partial charge is 0.364 e. The zero-order chi connectivity index (χ0) is 20.2. The van der Waals surface area contributed by atoms with Gasteiger partial charge in [-0.15, -0.1) is 0 Å². The molecule has 4 nitrogen and oxygen atoms in total. The minimum Gasteiger partial charge on any atom is -0.364 e. The maximum absolute atomic E-state index is 12.9. The van der Waals surface area contributed by atoms with E-state index in [4.69, 9.17) is 27.9 Å². The number of nitrogens with one attached hydrogen (secondary N) is 1. The van der Waals surface area contributed by atoms with Gasteiger partial charge in [0, 0.05) is 23.8 Å². The van der Waals surface area contributed by atoms with Gasteiger partial charge in [0.1, 0.15) is 5.50 Å². The molecule has 4 rings (SSSR count). The molecule has 0 bridgehead atoms. The molecule has 0 radical (unpaired) electrons. The molecule has 2 aliphatic rings. The summed E-state index contributed by atoms with van der Waals surface area (Å²) in [6.07, 6.45) is 7.84. The van der Waals surface area contributed by atoms with Gasteiger partial charge in [0.15, 0.2) is 6.10 Å². The van der Waals surface area contributed by atoms with Crippen LogP contribution in [0.2, 0.25) is 5.02 Å². The van der Waals surface area contributed by atoms with E-state index >= 15 is 0 Å². The molecule has 29 heavy (non-hydrogen) atoms. The van der Waals surface area contributed by atoms with Crippen LogP contribution in [0.25, 0.3) is 11.1 Å². The third-order valence-electron chi connectivity index (χ3n) is 5.11. The molecule has 1 N–H and O–H groups in total. The molecule has 2 heterocycles. The lowest BCUT2D eigenvalue weighted by molar-refractivity contribution is -0.131. The molecule has 3 atom stereocenters. The van der Waals surface area contributed by atoms with E-state index in [1.165, 1.54) is 0 Å². The number of amides is 1. The van der Waals surface area contributed by atoms with Crippen LogP contribution in [0.5, 0.6) is 0 Å². The average molecular weight is 429 g/mol. The first-order valence-corrected chi connectivity index (χ1v) is 10.4. The predicted octanol–water partition coefficient (Wildman–Crippen LogP) is 4.90. The zero-order valence-corrected chi connectivity index (χ0v) is 17.3. The highest BCUT2D eigenvalue weighted by Crippen LogP contribution is 2.28. The number of alkyl halides is 1. The molecule has 1 saturated heterocycles. The van der Waals surface area contributed by atoms with Gasteiger partial charge in [-0.05, 0) is 53.5 Å². The Hall–Kier alpha value is -2.27. The van der Waals surface area contributed by atoms with Gasteiger partial charge in [-0.3, -0.25) is 4.79 Å². The average Bonchev–Trinajstić information content (AvgIpc) is 2.91. The number of carbonyl (C=O) groups excluding carboxylic acids is 1. The number of nitrogens with zero attached hydrogens (tertiary/aromatic N) is 1. The molecule has 2 aromatic carbocycles. The Morgan fingerprint density at radius 3 is 2.72 bits per heavy atom. The summed E-state index contributed by atoms with van der Waals surface area (Å²) in [4.78, 5) is 14.9. The third-order valence-corrected chi connectivity index (χ3v) is 5.76. The van der Waals surface area contributed by atoms with E-state index < -0.39 is 6.10 Å². The van der Waals surface area contributed by atoms with Crippen LogP contribution in [-0.2, 0) is 9.53 Å². The SMILES string of the molecule is O=C1N[C@H](CN2C=CC=CC2Cl)CCO[C@H]1c1cccc(-c2ccc(Cl)cc2)c1. The summed E-state index contributed by atoms with van der Waals surface area (Å²) < 4.78 is 5.94. The van der Waals surface area contributed by atoms with Crippen molar-refractivity contribution in [2.75, 3.05) is 13.2 Å². The van der Waals surface area contributed by atoms with E-state index in [1.807, 2.05) is 77.9 Å². The van der Waals surface area contributed by atoms with Gasteiger partial charge < -0.3 is 15.0 Å². The van der Waals surface area contributed by atoms with Crippen molar-refractivity contribution in [2.45, 2.75) is 24.1 Å². The summed E-state index contributed by atoms with van der Waals surface area (Å²) in [5, 5.41) is 3.82. The van der Waals surface area contributed by atoms with E-state index in [2.05, 4.69) is 5.32 Å². The molecular weight excluding hydrogens is 407 g/mol. The summed E-state index contributed by atoms with van der Waals surface area (Å²) in [5.74, 6) is -0.122. The highest BCUT2D eigenvalue weighted by Gasteiger charge is 2.29. The van der Waals surface area contributed by atoms with Gasteiger partial charge in [0.2, 0.25) is 0 Å². The Morgan fingerprint density at radius 1 is 1.10 bits per heavy atom. The number of benzene rings is 2. The van der Waals surface area contributed by atoms with Gasteiger partial charge >= 0.3 is 0 Å². The van der Waals surface area contributed by atoms with Gasteiger partial charge in [0.05, 0.1) is 6.61 Å². The van der Waals surface area contributed by atoms with Gasteiger partial charge in [-0.1, -0.05) is 59.6 Å². The highest BCUT2D eigenvalue weighted by molar-refractivity contribution is 6.30. The predicted molar refractivity (Wildman–Crippen MR) is 117 cm³/mol. The van der Waals surface area contributed by atoms with Crippen molar-refractivity contribution in [1.82, 2.24) is 10.2 Å². The van der Waals surface area contributed by atoms with Crippen LogP contribution in [-0.4, -0.2) is 35.5 Å². The number of carbonyl (C=O) groups is 1. The summed E-state index contributed by atoms with van der Waals surface area (Å²) >= 11 is 12.3. The second-order valence-electron chi connectivity index (χ2n) is 7.17. The Labute approximate surface area is 180 Å².